The summed E-state index contributed by atoms with van der Waals surface area (Å²) in [6, 6.07) is -0.470. The molecule has 0 aromatic carbocycles. The first-order chi connectivity index (χ1) is 8.85. The van der Waals surface area contributed by atoms with Crippen LogP contribution in [0.25, 0.3) is 0 Å². The molecule has 3 amide bonds. The molecule has 7 heteroatoms. The molecular formula is C12H23N3O4. The van der Waals surface area contributed by atoms with Crippen LogP contribution in [0.1, 0.15) is 26.7 Å². The molecule has 1 atom stereocenters. The van der Waals surface area contributed by atoms with Gasteiger partial charge in [0.15, 0.2) is 0 Å². The minimum atomic E-state index is -0.877. The van der Waals surface area contributed by atoms with Gasteiger partial charge in [-0.15, -0.1) is 0 Å². The van der Waals surface area contributed by atoms with E-state index >= 15 is 0 Å². The number of urea groups is 1. The zero-order chi connectivity index (χ0) is 14.8. The third-order valence-electron chi connectivity index (χ3n) is 2.51. The lowest BCUT2D eigenvalue weighted by atomic mass is 9.94. The topological polar surface area (TPSA) is 108 Å². The van der Waals surface area contributed by atoms with E-state index in [0.717, 1.165) is 6.42 Å². The molecular weight excluding hydrogens is 250 g/mol. The smallest absolute Gasteiger partial charge is 0.315 e. The third kappa shape index (κ3) is 9.87. The standard InChI is InChI=1S/C12H23N3O4/c1-8(2)4-9(5-11(17)18)6-14-12(19)15-7-10(16)13-3/h8-9H,4-7H2,1-3H3,(H,13,16)(H,17,18)(H2,14,15,19)/t9-/m0/s1. The number of hydrogen-bond acceptors (Lipinski definition) is 3. The van der Waals surface area contributed by atoms with Crippen LogP contribution < -0.4 is 16.0 Å². The molecule has 0 fully saturated rings. The molecule has 0 unspecified atom stereocenters. The Kier molecular flexibility index (Phi) is 8.32. The number of carbonyl (C=O) groups is 3. The van der Waals surface area contributed by atoms with Gasteiger partial charge in [-0.05, 0) is 18.3 Å². The number of aliphatic carboxylic acids is 1. The number of carboxylic acid groups (broad SMARTS) is 1. The molecule has 110 valence electrons. The van der Waals surface area contributed by atoms with Gasteiger partial charge in [0, 0.05) is 20.0 Å². The van der Waals surface area contributed by atoms with E-state index in [0.29, 0.717) is 5.92 Å². The fourth-order valence-electron chi connectivity index (χ4n) is 1.70. The fraction of sp³-hybridized carbons (Fsp3) is 0.750. The quantitative estimate of drug-likeness (QED) is 0.505. The Morgan fingerprint density at radius 3 is 2.26 bits per heavy atom. The molecule has 0 heterocycles. The summed E-state index contributed by atoms with van der Waals surface area (Å²) in [5.41, 5.74) is 0. The molecule has 0 bridgehead atoms. The highest BCUT2D eigenvalue weighted by Crippen LogP contribution is 2.14. The van der Waals surface area contributed by atoms with Crippen LogP contribution in [0.4, 0.5) is 4.79 Å². The van der Waals surface area contributed by atoms with Crippen LogP contribution in [0.15, 0.2) is 0 Å². The summed E-state index contributed by atoms with van der Waals surface area (Å²) in [5.74, 6) is -0.916. The molecule has 0 radical (unpaired) electrons. The first kappa shape index (κ1) is 17.2. The Morgan fingerprint density at radius 1 is 1.16 bits per heavy atom. The van der Waals surface area contributed by atoms with Crippen LogP contribution >= 0.6 is 0 Å². The lowest BCUT2D eigenvalue weighted by Crippen LogP contribution is -2.43. The summed E-state index contributed by atoms with van der Waals surface area (Å²) < 4.78 is 0. The van der Waals surface area contributed by atoms with Crippen molar-refractivity contribution in [2.24, 2.45) is 11.8 Å². The number of likely N-dealkylation sites (N-methyl/N-ethyl adjacent to an activating group) is 1. The average Bonchev–Trinajstić information content (AvgIpc) is 2.31. The van der Waals surface area contributed by atoms with E-state index in [2.05, 4.69) is 16.0 Å². The van der Waals surface area contributed by atoms with Crippen molar-refractivity contribution in [2.45, 2.75) is 26.7 Å². The van der Waals surface area contributed by atoms with Crippen LogP contribution in [0.2, 0.25) is 0 Å². The van der Waals surface area contributed by atoms with Crippen LogP contribution in [-0.4, -0.2) is 43.2 Å². The Hall–Kier alpha value is -1.79. The lowest BCUT2D eigenvalue weighted by Gasteiger charge is -2.17. The van der Waals surface area contributed by atoms with Crippen LogP contribution in [0.3, 0.4) is 0 Å². The Morgan fingerprint density at radius 2 is 1.79 bits per heavy atom. The largest absolute Gasteiger partial charge is 0.481 e. The van der Waals surface area contributed by atoms with Gasteiger partial charge in [0.2, 0.25) is 5.91 Å². The summed E-state index contributed by atoms with van der Waals surface area (Å²) in [6.07, 6.45) is 0.746. The van der Waals surface area contributed by atoms with Crippen molar-refractivity contribution >= 4 is 17.9 Å². The molecule has 0 aromatic rings. The van der Waals surface area contributed by atoms with Gasteiger partial charge < -0.3 is 21.1 Å². The predicted molar refractivity (Wildman–Crippen MR) is 70.7 cm³/mol. The molecule has 0 saturated heterocycles. The Balaban J connectivity index is 4.04. The maximum atomic E-state index is 11.4. The van der Waals surface area contributed by atoms with Crippen LogP contribution in [-0.2, 0) is 9.59 Å². The predicted octanol–water partition coefficient (Wildman–Crippen LogP) is 0.169. The van der Waals surface area contributed by atoms with E-state index in [1.807, 2.05) is 13.8 Å². The fourth-order valence-corrected chi connectivity index (χ4v) is 1.70. The number of hydrogen-bond donors (Lipinski definition) is 4. The lowest BCUT2D eigenvalue weighted by molar-refractivity contribution is -0.138. The molecule has 0 aliphatic rings. The zero-order valence-electron chi connectivity index (χ0n) is 11.7. The molecule has 0 aromatic heterocycles. The highest BCUT2D eigenvalue weighted by Gasteiger charge is 2.16. The van der Waals surface area contributed by atoms with Gasteiger partial charge >= 0.3 is 12.0 Å². The van der Waals surface area contributed by atoms with Gasteiger partial charge in [-0.25, -0.2) is 4.79 Å². The van der Waals surface area contributed by atoms with E-state index in [9.17, 15) is 14.4 Å². The van der Waals surface area contributed by atoms with Gasteiger partial charge in [-0.3, -0.25) is 9.59 Å². The minimum absolute atomic E-state index is 0.0217. The van der Waals surface area contributed by atoms with Crippen LogP contribution in [0.5, 0.6) is 0 Å². The number of nitrogens with one attached hydrogen (secondary N) is 3. The van der Waals surface area contributed by atoms with Gasteiger partial charge in [0.1, 0.15) is 0 Å². The second-order valence-corrected chi connectivity index (χ2v) is 4.83. The summed E-state index contributed by atoms with van der Waals surface area (Å²) in [5, 5.41) is 16.1. The second kappa shape index (κ2) is 9.18. The number of rotatable bonds is 8. The molecule has 4 N–H and O–H groups in total. The summed E-state index contributed by atoms with van der Waals surface area (Å²) in [7, 11) is 1.48. The van der Waals surface area contributed by atoms with E-state index in [1.54, 1.807) is 0 Å². The van der Waals surface area contributed by atoms with E-state index in [4.69, 9.17) is 5.11 Å². The summed E-state index contributed by atoms with van der Waals surface area (Å²) in [4.78, 5) is 33.0. The Bertz CT molecular complexity index is 318. The monoisotopic (exact) mass is 273 g/mol. The number of carbonyl (C=O) groups excluding carboxylic acids is 2. The third-order valence-corrected chi connectivity index (χ3v) is 2.51. The second-order valence-electron chi connectivity index (χ2n) is 4.83. The van der Waals surface area contributed by atoms with Gasteiger partial charge in [-0.2, -0.15) is 0 Å². The SMILES string of the molecule is CNC(=O)CNC(=O)NC[C@H](CC(=O)O)CC(C)C. The zero-order valence-corrected chi connectivity index (χ0v) is 11.7. The van der Waals surface area contributed by atoms with Crippen molar-refractivity contribution in [3.63, 3.8) is 0 Å². The average molecular weight is 273 g/mol. The number of amides is 3. The van der Waals surface area contributed by atoms with Crippen LogP contribution in [0, 0.1) is 11.8 Å². The first-order valence-electron chi connectivity index (χ1n) is 6.29. The molecule has 0 aliphatic carbocycles. The van der Waals surface area contributed by atoms with E-state index in [-0.39, 0.29) is 31.3 Å². The maximum Gasteiger partial charge on any atom is 0.315 e. The molecule has 0 spiro atoms. The normalized spacial score (nSPS) is 11.8. The molecule has 7 nitrogen and oxygen atoms in total. The van der Waals surface area contributed by atoms with Gasteiger partial charge in [0.05, 0.1) is 6.54 Å². The van der Waals surface area contributed by atoms with Crippen molar-refractivity contribution < 1.29 is 19.5 Å². The highest BCUT2D eigenvalue weighted by atomic mass is 16.4. The maximum absolute atomic E-state index is 11.4. The Labute approximate surface area is 113 Å². The molecule has 0 saturated carbocycles. The molecule has 0 aliphatic heterocycles. The minimum Gasteiger partial charge on any atom is -0.481 e. The van der Waals surface area contributed by atoms with Gasteiger partial charge in [0.25, 0.3) is 0 Å². The number of carboxylic acids is 1. The van der Waals surface area contributed by atoms with Crippen molar-refractivity contribution in [3.05, 3.63) is 0 Å². The molecule has 0 rings (SSSR count). The van der Waals surface area contributed by atoms with E-state index < -0.39 is 12.0 Å². The molecule has 19 heavy (non-hydrogen) atoms. The summed E-state index contributed by atoms with van der Waals surface area (Å²) >= 11 is 0. The summed E-state index contributed by atoms with van der Waals surface area (Å²) in [6.45, 7) is 4.18. The van der Waals surface area contributed by atoms with Gasteiger partial charge in [-0.1, -0.05) is 13.8 Å². The van der Waals surface area contributed by atoms with Crippen molar-refractivity contribution in [1.82, 2.24) is 16.0 Å². The van der Waals surface area contributed by atoms with Crippen molar-refractivity contribution in [3.8, 4) is 0 Å². The van der Waals surface area contributed by atoms with Crippen molar-refractivity contribution in [1.29, 1.82) is 0 Å². The first-order valence-corrected chi connectivity index (χ1v) is 6.29. The van der Waals surface area contributed by atoms with E-state index in [1.165, 1.54) is 7.05 Å². The highest BCUT2D eigenvalue weighted by molar-refractivity contribution is 5.83. The van der Waals surface area contributed by atoms with Crippen molar-refractivity contribution in [2.75, 3.05) is 20.1 Å².